The lowest BCUT2D eigenvalue weighted by molar-refractivity contribution is -0.148. The normalized spacial score (nSPS) is 26.1. The number of hydrogen-bond acceptors (Lipinski definition) is 4. The molecule has 1 atom stereocenters. The number of nitrogens with one attached hydrogen (secondary N) is 2. The largest absolute Gasteiger partial charge is 0.401 e. The maximum absolute atomic E-state index is 12.2. The highest BCUT2D eigenvalue weighted by atomic mass is 19.4. The van der Waals surface area contributed by atoms with Crippen molar-refractivity contribution in [3.05, 3.63) is 0 Å². The highest BCUT2D eigenvalue weighted by molar-refractivity contribution is 5.81. The first-order chi connectivity index (χ1) is 8.92. The number of halogens is 3. The number of likely N-dealkylation sites (tertiary alicyclic amines) is 1. The van der Waals surface area contributed by atoms with E-state index in [4.69, 9.17) is 0 Å². The van der Waals surface area contributed by atoms with Crippen molar-refractivity contribution in [3.63, 3.8) is 0 Å². The average molecular weight is 278 g/mol. The molecule has 0 radical (unpaired) electrons. The van der Waals surface area contributed by atoms with Crippen molar-refractivity contribution < 1.29 is 13.2 Å². The van der Waals surface area contributed by atoms with Gasteiger partial charge < -0.3 is 10.6 Å². The molecule has 0 bridgehead atoms. The average Bonchev–Trinajstić information content (AvgIpc) is 2.72. The Kier molecular flexibility index (Phi) is 4.54. The maximum Gasteiger partial charge on any atom is 0.401 e. The van der Waals surface area contributed by atoms with Gasteiger partial charge in [0, 0.05) is 12.6 Å². The molecule has 1 fully saturated rings. The van der Waals surface area contributed by atoms with Crippen LogP contribution in [-0.2, 0) is 0 Å². The van der Waals surface area contributed by atoms with E-state index >= 15 is 0 Å². The van der Waals surface area contributed by atoms with Gasteiger partial charge in [0.05, 0.1) is 13.1 Å². The van der Waals surface area contributed by atoms with E-state index in [2.05, 4.69) is 22.5 Å². The fraction of sp³-hybridized carbons (Fsp3) is 0.917. The van der Waals surface area contributed by atoms with Crippen molar-refractivity contribution in [2.24, 2.45) is 10.9 Å². The number of piperidine rings is 1. The fourth-order valence-electron chi connectivity index (χ4n) is 2.50. The minimum atomic E-state index is -4.08. The SMILES string of the molecule is CC1CN=C(NCC2CCN(CC(F)(F)F)CC2)N1. The molecular formula is C12H21F3N4. The summed E-state index contributed by atoms with van der Waals surface area (Å²) in [5.74, 6) is 1.26. The van der Waals surface area contributed by atoms with Crippen LogP contribution >= 0.6 is 0 Å². The topological polar surface area (TPSA) is 39.7 Å². The second-order valence-electron chi connectivity index (χ2n) is 5.45. The number of nitrogens with zero attached hydrogens (tertiary/aromatic N) is 2. The van der Waals surface area contributed by atoms with Crippen LogP contribution in [0, 0.1) is 5.92 Å². The third-order valence-electron chi connectivity index (χ3n) is 3.57. The third kappa shape index (κ3) is 4.89. The second-order valence-corrected chi connectivity index (χ2v) is 5.45. The van der Waals surface area contributed by atoms with E-state index in [9.17, 15) is 13.2 Å². The lowest BCUT2D eigenvalue weighted by Crippen LogP contribution is -2.44. The van der Waals surface area contributed by atoms with Crippen LogP contribution in [0.1, 0.15) is 19.8 Å². The van der Waals surface area contributed by atoms with Gasteiger partial charge in [0.25, 0.3) is 0 Å². The molecule has 7 heteroatoms. The Labute approximate surface area is 111 Å². The summed E-state index contributed by atoms with van der Waals surface area (Å²) in [5.41, 5.74) is 0. The van der Waals surface area contributed by atoms with Crippen LogP contribution in [0.4, 0.5) is 13.2 Å². The Morgan fingerprint density at radius 2 is 2.05 bits per heavy atom. The van der Waals surface area contributed by atoms with Crippen LogP contribution in [0.25, 0.3) is 0 Å². The molecule has 1 unspecified atom stereocenters. The summed E-state index contributed by atoms with van der Waals surface area (Å²) in [5, 5.41) is 6.46. The van der Waals surface area contributed by atoms with E-state index in [0.717, 1.165) is 31.9 Å². The molecule has 4 nitrogen and oxygen atoms in total. The van der Waals surface area contributed by atoms with Gasteiger partial charge in [-0.15, -0.1) is 0 Å². The molecule has 2 rings (SSSR count). The molecule has 2 N–H and O–H groups in total. The van der Waals surface area contributed by atoms with Crippen LogP contribution in [0.3, 0.4) is 0 Å². The molecule has 1 saturated heterocycles. The summed E-state index contributed by atoms with van der Waals surface area (Å²) in [6, 6.07) is 0.371. The van der Waals surface area contributed by atoms with Crippen LogP contribution in [-0.4, -0.2) is 55.8 Å². The van der Waals surface area contributed by atoms with E-state index in [1.54, 1.807) is 0 Å². The lowest BCUT2D eigenvalue weighted by atomic mass is 9.97. The Hall–Kier alpha value is -0.980. The fourth-order valence-corrected chi connectivity index (χ4v) is 2.50. The predicted octanol–water partition coefficient (Wildman–Crippen LogP) is 1.20. The number of rotatable bonds is 3. The molecule has 2 aliphatic rings. The van der Waals surface area contributed by atoms with Gasteiger partial charge in [0.15, 0.2) is 5.96 Å². The first-order valence-corrected chi connectivity index (χ1v) is 6.76. The van der Waals surface area contributed by atoms with Gasteiger partial charge in [-0.2, -0.15) is 13.2 Å². The number of guanidine groups is 1. The zero-order valence-electron chi connectivity index (χ0n) is 11.1. The Bertz CT molecular complexity index is 321. The first kappa shape index (κ1) is 14.4. The zero-order chi connectivity index (χ0) is 13.9. The second kappa shape index (κ2) is 5.98. The highest BCUT2D eigenvalue weighted by Gasteiger charge is 2.32. The molecule has 0 aromatic carbocycles. The minimum absolute atomic E-state index is 0.371. The van der Waals surface area contributed by atoms with E-state index < -0.39 is 12.7 Å². The zero-order valence-corrected chi connectivity index (χ0v) is 11.1. The van der Waals surface area contributed by atoms with Crippen molar-refractivity contribution in [3.8, 4) is 0 Å². The predicted molar refractivity (Wildman–Crippen MR) is 68.1 cm³/mol. The molecule has 0 aromatic heterocycles. The van der Waals surface area contributed by atoms with Gasteiger partial charge in [-0.3, -0.25) is 9.89 Å². The van der Waals surface area contributed by atoms with Crippen molar-refractivity contribution in [2.75, 3.05) is 32.7 Å². The molecule has 110 valence electrons. The minimum Gasteiger partial charge on any atom is -0.356 e. The third-order valence-corrected chi connectivity index (χ3v) is 3.57. The molecule has 2 heterocycles. The Morgan fingerprint density at radius 1 is 1.37 bits per heavy atom. The molecule has 0 saturated carbocycles. The van der Waals surface area contributed by atoms with Gasteiger partial charge in [-0.1, -0.05) is 0 Å². The molecule has 0 spiro atoms. The van der Waals surface area contributed by atoms with Gasteiger partial charge in [-0.05, 0) is 38.8 Å². The van der Waals surface area contributed by atoms with Gasteiger partial charge in [0.2, 0.25) is 0 Å². The van der Waals surface area contributed by atoms with Crippen molar-refractivity contribution >= 4 is 5.96 Å². The van der Waals surface area contributed by atoms with Crippen LogP contribution in [0.15, 0.2) is 4.99 Å². The summed E-state index contributed by atoms with van der Waals surface area (Å²) in [6.07, 6.45) is -2.46. The molecule has 0 amide bonds. The highest BCUT2D eigenvalue weighted by Crippen LogP contribution is 2.22. The summed E-state index contributed by atoms with van der Waals surface area (Å²) in [4.78, 5) is 5.79. The first-order valence-electron chi connectivity index (χ1n) is 6.76. The van der Waals surface area contributed by atoms with Crippen molar-refractivity contribution in [1.82, 2.24) is 15.5 Å². The smallest absolute Gasteiger partial charge is 0.356 e. The number of aliphatic imine (C=N–C) groups is 1. The molecule has 2 aliphatic heterocycles. The van der Waals surface area contributed by atoms with Crippen molar-refractivity contribution in [2.45, 2.75) is 32.0 Å². The summed E-state index contributed by atoms with van der Waals surface area (Å²) in [7, 11) is 0. The van der Waals surface area contributed by atoms with Gasteiger partial charge in [0.1, 0.15) is 0 Å². The lowest BCUT2D eigenvalue weighted by Gasteiger charge is -2.32. The monoisotopic (exact) mass is 278 g/mol. The summed E-state index contributed by atoms with van der Waals surface area (Å²) >= 11 is 0. The van der Waals surface area contributed by atoms with Gasteiger partial charge in [-0.25, -0.2) is 0 Å². The van der Waals surface area contributed by atoms with Crippen molar-refractivity contribution in [1.29, 1.82) is 0 Å². The summed E-state index contributed by atoms with van der Waals surface area (Å²) in [6.45, 7) is 3.92. The maximum atomic E-state index is 12.2. The van der Waals surface area contributed by atoms with Crippen LogP contribution in [0.2, 0.25) is 0 Å². The standard InChI is InChI=1S/C12H21F3N4/c1-9-6-16-11(18-9)17-7-10-2-4-19(5-3-10)8-12(13,14)15/h9-10H,2-8H2,1H3,(H2,16,17,18). The van der Waals surface area contributed by atoms with E-state index in [-0.39, 0.29) is 0 Å². The van der Waals surface area contributed by atoms with E-state index in [1.165, 1.54) is 4.90 Å². The van der Waals surface area contributed by atoms with E-state index in [1.807, 2.05) is 0 Å². The molecular weight excluding hydrogens is 257 g/mol. The molecule has 0 aliphatic carbocycles. The number of hydrogen-bond donors (Lipinski definition) is 2. The quantitative estimate of drug-likeness (QED) is 0.815. The molecule has 0 aromatic rings. The number of alkyl halides is 3. The van der Waals surface area contributed by atoms with Crippen LogP contribution in [0.5, 0.6) is 0 Å². The Morgan fingerprint density at radius 3 is 2.58 bits per heavy atom. The van der Waals surface area contributed by atoms with E-state index in [0.29, 0.717) is 25.0 Å². The van der Waals surface area contributed by atoms with Gasteiger partial charge >= 0.3 is 6.18 Å². The summed E-state index contributed by atoms with van der Waals surface area (Å²) < 4.78 is 36.7. The Balaban J connectivity index is 1.64. The molecule has 19 heavy (non-hydrogen) atoms. The van der Waals surface area contributed by atoms with Crippen LogP contribution < -0.4 is 10.6 Å².